The molecule has 2 aromatic rings. The van der Waals surface area contributed by atoms with E-state index in [4.69, 9.17) is 10.7 Å². The van der Waals surface area contributed by atoms with E-state index >= 15 is 0 Å². The molecule has 1 aliphatic rings. The third kappa shape index (κ3) is 1.69. The summed E-state index contributed by atoms with van der Waals surface area (Å²) >= 11 is 1.79. The molecule has 0 bridgehead atoms. The lowest BCUT2D eigenvalue weighted by molar-refractivity contribution is 0.564. The molecule has 18 heavy (non-hydrogen) atoms. The van der Waals surface area contributed by atoms with Crippen molar-refractivity contribution in [3.8, 4) is 10.6 Å². The van der Waals surface area contributed by atoms with Gasteiger partial charge in [-0.15, -0.1) is 11.3 Å². The molecule has 3 rings (SSSR count). The van der Waals surface area contributed by atoms with Crippen LogP contribution in [0.5, 0.6) is 0 Å². The summed E-state index contributed by atoms with van der Waals surface area (Å²) in [5.74, 6) is 0. The zero-order valence-electron chi connectivity index (χ0n) is 11.0. The molecule has 1 aliphatic carbocycles. The van der Waals surface area contributed by atoms with Gasteiger partial charge in [0.1, 0.15) is 5.01 Å². The van der Waals surface area contributed by atoms with Crippen molar-refractivity contribution in [1.82, 2.24) is 14.8 Å². The van der Waals surface area contributed by atoms with Crippen molar-refractivity contribution in [1.29, 1.82) is 0 Å². The summed E-state index contributed by atoms with van der Waals surface area (Å²) in [6.07, 6.45) is 3.36. The average Bonchev–Trinajstić information content (AvgIpc) is 2.83. The number of hydrogen-bond donors (Lipinski definition) is 1. The minimum absolute atomic E-state index is 0.121. The largest absolute Gasteiger partial charge is 0.323 e. The fourth-order valence-electron chi connectivity index (χ4n) is 2.64. The molecular weight excluding hydrogens is 244 g/mol. The third-order valence-electron chi connectivity index (χ3n) is 3.72. The van der Waals surface area contributed by atoms with Crippen LogP contribution in [0.15, 0.2) is 0 Å². The van der Waals surface area contributed by atoms with Crippen LogP contribution in [0.25, 0.3) is 10.6 Å². The SMILES string of the molecule is Cc1nn(C)c(C)c1-c1nc2c(s1)CCCC2N. The highest BCUT2D eigenvalue weighted by Crippen LogP contribution is 2.37. The van der Waals surface area contributed by atoms with E-state index in [0.29, 0.717) is 0 Å². The van der Waals surface area contributed by atoms with Crippen LogP contribution >= 0.6 is 11.3 Å². The molecule has 4 nitrogen and oxygen atoms in total. The first-order chi connectivity index (χ1) is 8.58. The second-order valence-corrected chi connectivity index (χ2v) is 6.08. The smallest absolute Gasteiger partial charge is 0.127 e. The highest BCUT2D eigenvalue weighted by atomic mass is 32.1. The number of nitrogens with two attached hydrogens (primary N) is 1. The number of hydrogen-bond acceptors (Lipinski definition) is 4. The quantitative estimate of drug-likeness (QED) is 0.859. The van der Waals surface area contributed by atoms with Gasteiger partial charge in [0.25, 0.3) is 0 Å². The zero-order valence-corrected chi connectivity index (χ0v) is 11.8. The van der Waals surface area contributed by atoms with Crippen molar-refractivity contribution in [2.75, 3.05) is 0 Å². The first-order valence-electron chi connectivity index (χ1n) is 6.33. The topological polar surface area (TPSA) is 56.7 Å². The molecule has 2 aromatic heterocycles. The molecule has 0 amide bonds. The Morgan fingerprint density at radius 1 is 1.39 bits per heavy atom. The molecule has 1 atom stereocenters. The van der Waals surface area contributed by atoms with E-state index in [1.165, 1.54) is 22.6 Å². The number of thiazole rings is 1. The molecule has 2 N–H and O–H groups in total. The number of rotatable bonds is 1. The van der Waals surface area contributed by atoms with Crippen molar-refractivity contribution < 1.29 is 0 Å². The molecule has 0 saturated heterocycles. The summed E-state index contributed by atoms with van der Waals surface area (Å²) in [5, 5.41) is 5.55. The van der Waals surface area contributed by atoms with E-state index in [1.54, 1.807) is 11.3 Å². The molecule has 1 unspecified atom stereocenters. The lowest BCUT2D eigenvalue weighted by Gasteiger charge is -2.15. The minimum atomic E-state index is 0.121. The van der Waals surface area contributed by atoms with E-state index in [9.17, 15) is 0 Å². The lowest BCUT2D eigenvalue weighted by atomic mass is 9.99. The summed E-state index contributed by atoms with van der Waals surface area (Å²) in [4.78, 5) is 6.14. The van der Waals surface area contributed by atoms with Crippen molar-refractivity contribution in [3.05, 3.63) is 22.0 Å². The molecule has 0 spiro atoms. The maximum Gasteiger partial charge on any atom is 0.127 e. The van der Waals surface area contributed by atoms with Gasteiger partial charge in [-0.1, -0.05) is 0 Å². The first-order valence-corrected chi connectivity index (χ1v) is 7.15. The Kier molecular flexibility index (Phi) is 2.75. The Morgan fingerprint density at radius 3 is 2.78 bits per heavy atom. The van der Waals surface area contributed by atoms with Gasteiger partial charge in [0, 0.05) is 23.7 Å². The van der Waals surface area contributed by atoms with Gasteiger partial charge in [0.2, 0.25) is 0 Å². The van der Waals surface area contributed by atoms with Crippen LogP contribution in [0.2, 0.25) is 0 Å². The van der Waals surface area contributed by atoms with Crippen molar-refractivity contribution in [2.24, 2.45) is 12.8 Å². The number of nitrogens with zero attached hydrogens (tertiary/aromatic N) is 3. The van der Waals surface area contributed by atoms with Gasteiger partial charge in [0.05, 0.1) is 17.0 Å². The Bertz CT molecular complexity index is 596. The summed E-state index contributed by atoms with van der Waals surface area (Å²) in [6.45, 7) is 4.14. The van der Waals surface area contributed by atoms with Crippen LogP contribution in [0.4, 0.5) is 0 Å². The Hall–Kier alpha value is -1.20. The number of aromatic nitrogens is 3. The summed E-state index contributed by atoms with van der Waals surface area (Å²) < 4.78 is 1.92. The van der Waals surface area contributed by atoms with Crippen LogP contribution in [-0.2, 0) is 13.5 Å². The molecule has 96 valence electrons. The first kappa shape index (κ1) is 11.9. The van der Waals surface area contributed by atoms with Crippen LogP contribution < -0.4 is 5.73 Å². The fraction of sp³-hybridized carbons (Fsp3) is 0.538. The average molecular weight is 262 g/mol. The van der Waals surface area contributed by atoms with Gasteiger partial charge in [-0.2, -0.15) is 5.10 Å². The van der Waals surface area contributed by atoms with Crippen LogP contribution in [0, 0.1) is 13.8 Å². The predicted octanol–water partition coefficient (Wildman–Crippen LogP) is 2.50. The highest BCUT2D eigenvalue weighted by molar-refractivity contribution is 7.15. The maximum atomic E-state index is 6.14. The van der Waals surface area contributed by atoms with Crippen molar-refractivity contribution in [2.45, 2.75) is 39.2 Å². The monoisotopic (exact) mass is 262 g/mol. The van der Waals surface area contributed by atoms with Crippen LogP contribution in [0.3, 0.4) is 0 Å². The van der Waals surface area contributed by atoms with Gasteiger partial charge < -0.3 is 5.73 Å². The second kappa shape index (κ2) is 4.17. The van der Waals surface area contributed by atoms with E-state index < -0.39 is 0 Å². The Labute approximate surface area is 111 Å². The third-order valence-corrected chi connectivity index (χ3v) is 4.87. The molecular formula is C13H18N4S. The van der Waals surface area contributed by atoms with Gasteiger partial charge in [-0.3, -0.25) is 4.68 Å². The van der Waals surface area contributed by atoms with Gasteiger partial charge >= 0.3 is 0 Å². The molecule has 0 aromatic carbocycles. The normalized spacial score (nSPS) is 19.0. The number of aryl methyl sites for hydroxylation is 3. The van der Waals surface area contributed by atoms with Crippen molar-refractivity contribution >= 4 is 11.3 Å². The lowest BCUT2D eigenvalue weighted by Crippen LogP contribution is -2.16. The summed E-state index contributed by atoms with van der Waals surface area (Å²) in [6, 6.07) is 0.121. The maximum absolute atomic E-state index is 6.14. The van der Waals surface area contributed by atoms with Crippen LogP contribution in [0.1, 0.15) is 40.8 Å². The predicted molar refractivity (Wildman–Crippen MR) is 73.7 cm³/mol. The van der Waals surface area contributed by atoms with E-state index in [0.717, 1.165) is 29.2 Å². The Morgan fingerprint density at radius 2 is 2.17 bits per heavy atom. The molecule has 0 fully saturated rings. The molecule has 2 heterocycles. The van der Waals surface area contributed by atoms with Gasteiger partial charge in [0.15, 0.2) is 0 Å². The van der Waals surface area contributed by atoms with E-state index in [2.05, 4.69) is 12.0 Å². The highest BCUT2D eigenvalue weighted by Gasteiger charge is 2.24. The van der Waals surface area contributed by atoms with E-state index in [-0.39, 0.29) is 6.04 Å². The summed E-state index contributed by atoms with van der Waals surface area (Å²) in [7, 11) is 1.98. The molecule has 0 radical (unpaired) electrons. The molecule has 0 saturated carbocycles. The summed E-state index contributed by atoms with van der Waals surface area (Å²) in [5.41, 5.74) is 10.7. The zero-order chi connectivity index (χ0) is 12.9. The molecule has 0 aliphatic heterocycles. The van der Waals surface area contributed by atoms with Gasteiger partial charge in [-0.05, 0) is 33.1 Å². The number of fused-ring (bicyclic) bond motifs is 1. The van der Waals surface area contributed by atoms with Crippen LogP contribution in [-0.4, -0.2) is 14.8 Å². The molecule has 5 heteroatoms. The van der Waals surface area contributed by atoms with Gasteiger partial charge in [-0.25, -0.2) is 4.98 Å². The van der Waals surface area contributed by atoms with Crippen molar-refractivity contribution in [3.63, 3.8) is 0 Å². The fourth-order valence-corrected chi connectivity index (χ4v) is 3.96. The second-order valence-electron chi connectivity index (χ2n) is 5.00. The minimum Gasteiger partial charge on any atom is -0.323 e. The standard InChI is InChI=1S/C13H18N4S/c1-7-11(8(2)17(3)16-7)13-15-12-9(14)5-4-6-10(12)18-13/h9H,4-6,14H2,1-3H3. The van der Waals surface area contributed by atoms with E-state index in [1.807, 2.05) is 18.7 Å². The Balaban J connectivity index is 2.13.